The Labute approximate surface area is 185 Å². The van der Waals surface area contributed by atoms with Gasteiger partial charge in [0.25, 0.3) is 0 Å². The molecule has 2 heterocycles. The molecule has 0 radical (unpaired) electrons. The first kappa shape index (κ1) is 22.8. The number of nitrogens with zero attached hydrogens (tertiary/aromatic N) is 5. The summed E-state index contributed by atoms with van der Waals surface area (Å²) >= 11 is 0. The van der Waals surface area contributed by atoms with Gasteiger partial charge in [0.2, 0.25) is 5.91 Å². The molecule has 158 valence electrons. The molecule has 1 unspecified atom stereocenters. The first-order chi connectivity index (χ1) is 13.0. The topological polar surface area (TPSA) is 77.8 Å². The number of amides is 1. The molecular formula is C19H34IN7O. The third-order valence-corrected chi connectivity index (χ3v) is 5.39. The number of nitrogens with one attached hydrogen (secondary N) is 2. The lowest BCUT2D eigenvalue weighted by Gasteiger charge is -2.35. The second kappa shape index (κ2) is 10.9. The fourth-order valence-electron chi connectivity index (χ4n) is 3.78. The molecule has 1 saturated heterocycles. The van der Waals surface area contributed by atoms with Crippen LogP contribution in [0.25, 0.3) is 0 Å². The van der Waals surface area contributed by atoms with Crippen molar-refractivity contribution in [3.8, 4) is 0 Å². The number of carbonyl (C=O) groups excluding carboxylic acids is 1. The maximum atomic E-state index is 12.0. The van der Waals surface area contributed by atoms with E-state index < -0.39 is 0 Å². The Balaban J connectivity index is 0.00000280. The van der Waals surface area contributed by atoms with Crippen LogP contribution >= 0.6 is 24.0 Å². The van der Waals surface area contributed by atoms with Crippen LogP contribution in [0.3, 0.4) is 0 Å². The smallest absolute Gasteiger partial charge is 0.243 e. The molecule has 0 spiro atoms. The molecule has 1 aromatic rings. The molecular weight excluding hydrogens is 469 g/mol. The van der Waals surface area contributed by atoms with E-state index in [2.05, 4.69) is 31.8 Å². The summed E-state index contributed by atoms with van der Waals surface area (Å²) in [5.74, 6) is 0.790. The van der Waals surface area contributed by atoms with Crippen LogP contribution < -0.4 is 15.5 Å². The number of guanidine groups is 1. The minimum absolute atomic E-state index is 0. The van der Waals surface area contributed by atoms with E-state index >= 15 is 0 Å². The van der Waals surface area contributed by atoms with Crippen LogP contribution in [-0.4, -0.2) is 72.4 Å². The Morgan fingerprint density at radius 3 is 2.54 bits per heavy atom. The van der Waals surface area contributed by atoms with E-state index in [4.69, 9.17) is 0 Å². The lowest BCUT2D eigenvalue weighted by Crippen LogP contribution is -2.53. The van der Waals surface area contributed by atoms with Gasteiger partial charge in [-0.3, -0.25) is 9.48 Å². The van der Waals surface area contributed by atoms with Gasteiger partial charge in [0.15, 0.2) is 5.96 Å². The summed E-state index contributed by atoms with van der Waals surface area (Å²) in [6.07, 6.45) is 11.1. The second-order valence-corrected chi connectivity index (χ2v) is 7.88. The quantitative estimate of drug-likeness (QED) is 0.363. The Bertz CT molecular complexity index is 654. The Morgan fingerprint density at radius 2 is 1.89 bits per heavy atom. The van der Waals surface area contributed by atoms with Crippen molar-refractivity contribution in [3.05, 3.63) is 12.4 Å². The molecule has 1 amide bonds. The maximum Gasteiger partial charge on any atom is 0.243 e. The molecule has 8 nitrogen and oxygen atoms in total. The predicted molar refractivity (Wildman–Crippen MR) is 123 cm³/mol. The monoisotopic (exact) mass is 503 g/mol. The lowest BCUT2D eigenvalue weighted by molar-refractivity contribution is -0.127. The fraction of sp³-hybridized carbons (Fsp3) is 0.737. The van der Waals surface area contributed by atoms with Gasteiger partial charge in [0.1, 0.15) is 6.54 Å². The van der Waals surface area contributed by atoms with Crippen molar-refractivity contribution in [2.45, 2.75) is 50.6 Å². The zero-order chi connectivity index (χ0) is 19.2. The van der Waals surface area contributed by atoms with Gasteiger partial charge in [-0.25, -0.2) is 4.99 Å². The largest absolute Gasteiger partial charge is 0.367 e. The summed E-state index contributed by atoms with van der Waals surface area (Å²) in [6.45, 7) is 2.14. The Morgan fingerprint density at radius 1 is 1.21 bits per heavy atom. The third kappa shape index (κ3) is 6.52. The van der Waals surface area contributed by atoms with E-state index in [1.54, 1.807) is 19.0 Å². The van der Waals surface area contributed by atoms with Gasteiger partial charge >= 0.3 is 0 Å². The highest BCUT2D eigenvalue weighted by Gasteiger charge is 2.23. The highest BCUT2D eigenvalue weighted by molar-refractivity contribution is 14.0. The lowest BCUT2D eigenvalue weighted by atomic mass is 10.1. The molecule has 3 rings (SSSR count). The van der Waals surface area contributed by atoms with Gasteiger partial charge in [0.05, 0.1) is 11.9 Å². The van der Waals surface area contributed by atoms with Crippen molar-refractivity contribution in [1.29, 1.82) is 0 Å². The molecule has 1 saturated carbocycles. The van der Waals surface area contributed by atoms with E-state index in [9.17, 15) is 4.79 Å². The molecule has 0 bridgehead atoms. The van der Waals surface area contributed by atoms with Gasteiger partial charge in [-0.05, 0) is 25.7 Å². The Hall–Kier alpha value is -1.52. The number of likely N-dealkylation sites (N-methyl/N-ethyl adjacent to an activating group) is 1. The van der Waals surface area contributed by atoms with Gasteiger partial charge in [-0.2, -0.15) is 5.10 Å². The van der Waals surface area contributed by atoms with Crippen molar-refractivity contribution in [1.82, 2.24) is 25.3 Å². The van der Waals surface area contributed by atoms with Gasteiger partial charge in [-0.1, -0.05) is 12.8 Å². The molecule has 1 aliphatic heterocycles. The number of anilines is 1. The highest BCUT2D eigenvalue weighted by atomic mass is 127. The van der Waals surface area contributed by atoms with Crippen LogP contribution in [0.15, 0.2) is 17.4 Å². The van der Waals surface area contributed by atoms with Crippen molar-refractivity contribution in [2.75, 3.05) is 38.6 Å². The van der Waals surface area contributed by atoms with Crippen LogP contribution in [0.4, 0.5) is 5.69 Å². The summed E-state index contributed by atoms with van der Waals surface area (Å²) in [7, 11) is 5.48. The Kier molecular flexibility index (Phi) is 8.84. The number of aryl methyl sites for hydroxylation is 1. The molecule has 28 heavy (non-hydrogen) atoms. The number of hydrogen-bond acceptors (Lipinski definition) is 4. The summed E-state index contributed by atoms with van der Waals surface area (Å²) in [5, 5.41) is 11.4. The first-order valence-electron chi connectivity index (χ1n) is 10.0. The van der Waals surface area contributed by atoms with E-state index in [1.165, 1.54) is 25.7 Å². The van der Waals surface area contributed by atoms with Crippen LogP contribution in [0.1, 0.15) is 38.5 Å². The third-order valence-electron chi connectivity index (χ3n) is 5.39. The number of halogens is 1. The molecule has 1 aromatic heterocycles. The van der Waals surface area contributed by atoms with Crippen molar-refractivity contribution in [3.63, 3.8) is 0 Å². The molecule has 9 heteroatoms. The zero-order valence-corrected chi connectivity index (χ0v) is 19.6. The maximum absolute atomic E-state index is 12.0. The molecule has 1 atom stereocenters. The summed E-state index contributed by atoms with van der Waals surface area (Å²) in [6, 6.07) is 0.768. The molecule has 2 fully saturated rings. The number of rotatable bonds is 5. The zero-order valence-electron chi connectivity index (χ0n) is 17.2. The average molecular weight is 503 g/mol. The summed E-state index contributed by atoms with van der Waals surface area (Å²) in [4.78, 5) is 20.5. The normalized spacial score (nSPS) is 20.6. The summed E-state index contributed by atoms with van der Waals surface area (Å²) in [5.41, 5.74) is 1.16. The first-order valence-corrected chi connectivity index (χ1v) is 10.0. The number of carbonyl (C=O) groups is 1. The molecule has 1 aliphatic carbocycles. The number of aromatic nitrogens is 2. The summed E-state index contributed by atoms with van der Waals surface area (Å²) < 4.78 is 1.84. The van der Waals surface area contributed by atoms with E-state index in [1.807, 2.05) is 17.9 Å². The SMILES string of the molecule is CN(C)C(=O)CN=C(NC1CCCC1)NC1CCCN(c2cnn(C)c2)C1.I. The van der Waals surface area contributed by atoms with E-state index in [-0.39, 0.29) is 36.4 Å². The van der Waals surface area contributed by atoms with Gasteiger partial charge in [-0.15, -0.1) is 24.0 Å². The molecule has 2 aliphatic rings. The second-order valence-electron chi connectivity index (χ2n) is 7.88. The minimum Gasteiger partial charge on any atom is -0.367 e. The van der Waals surface area contributed by atoms with Crippen LogP contribution in [0.2, 0.25) is 0 Å². The number of hydrogen-bond donors (Lipinski definition) is 2. The molecule has 0 aromatic carbocycles. The minimum atomic E-state index is 0. The highest BCUT2D eigenvalue weighted by Crippen LogP contribution is 2.20. The average Bonchev–Trinajstić information content (AvgIpc) is 3.31. The van der Waals surface area contributed by atoms with Gasteiger partial charge < -0.3 is 20.4 Å². The van der Waals surface area contributed by atoms with E-state index in [0.717, 1.165) is 37.6 Å². The van der Waals surface area contributed by atoms with Crippen LogP contribution in [0.5, 0.6) is 0 Å². The molecule has 2 N–H and O–H groups in total. The standard InChI is InChI=1S/C19H33N7O.HI/c1-24(2)18(27)12-20-19(22-15-7-4-5-8-15)23-16-9-6-10-26(13-16)17-11-21-25(3)14-17;/h11,14-16H,4-10,12-13H2,1-3H3,(H2,20,22,23);1H. The number of piperidine rings is 1. The van der Waals surface area contributed by atoms with E-state index in [0.29, 0.717) is 12.1 Å². The number of aliphatic imine (C=N–C) groups is 1. The van der Waals surface area contributed by atoms with Crippen LogP contribution in [0, 0.1) is 0 Å². The van der Waals surface area contributed by atoms with Crippen molar-refractivity contribution < 1.29 is 4.79 Å². The van der Waals surface area contributed by atoms with Crippen molar-refractivity contribution in [2.24, 2.45) is 12.0 Å². The van der Waals surface area contributed by atoms with Gasteiger partial charge in [0, 0.05) is 52.5 Å². The predicted octanol–water partition coefficient (Wildman–Crippen LogP) is 1.57. The fourth-order valence-corrected chi connectivity index (χ4v) is 3.78. The van der Waals surface area contributed by atoms with Crippen LogP contribution in [-0.2, 0) is 11.8 Å². The van der Waals surface area contributed by atoms with Crippen molar-refractivity contribution >= 4 is 41.5 Å².